The molecule has 7 nitrogen and oxygen atoms in total. The largest absolute Gasteiger partial charge is 0.494 e. The molecule has 0 radical (unpaired) electrons. The zero-order valence-electron chi connectivity index (χ0n) is 22.3. The molecule has 1 aromatic heterocycles. The summed E-state index contributed by atoms with van der Waals surface area (Å²) in [6, 6.07) is 19.4. The van der Waals surface area contributed by atoms with Crippen LogP contribution < -0.4 is 4.74 Å². The lowest BCUT2D eigenvalue weighted by Crippen LogP contribution is -2.43. The Morgan fingerprint density at radius 3 is 2.39 bits per heavy atom. The van der Waals surface area contributed by atoms with Crippen molar-refractivity contribution in [3.05, 3.63) is 83.1 Å². The molecule has 194 valence electrons. The van der Waals surface area contributed by atoms with E-state index in [1.165, 1.54) is 0 Å². The fraction of sp³-hybridized carbons (Fsp3) is 0.290. The zero-order valence-corrected chi connectivity index (χ0v) is 22.3. The van der Waals surface area contributed by atoms with Gasteiger partial charge >= 0.3 is 0 Å². The van der Waals surface area contributed by atoms with Crippen molar-refractivity contribution in [2.45, 2.75) is 40.5 Å². The van der Waals surface area contributed by atoms with Crippen LogP contribution in [0.5, 0.6) is 5.75 Å². The Morgan fingerprint density at radius 1 is 1.05 bits per heavy atom. The van der Waals surface area contributed by atoms with Crippen LogP contribution in [0, 0.1) is 17.2 Å². The number of nitriles is 1. The lowest BCUT2D eigenvalue weighted by atomic mass is 9.93. The van der Waals surface area contributed by atoms with Gasteiger partial charge in [0.25, 0.3) is 11.8 Å². The van der Waals surface area contributed by atoms with Crippen LogP contribution in [0.15, 0.2) is 77.5 Å². The van der Waals surface area contributed by atoms with Crippen LogP contribution in [-0.4, -0.2) is 39.6 Å². The van der Waals surface area contributed by atoms with Crippen molar-refractivity contribution in [1.29, 1.82) is 5.26 Å². The smallest absolute Gasteiger partial charge is 0.271 e. The number of carbonyl (C=O) groups excluding carboxylic acids is 2. The molecule has 0 aliphatic carbocycles. The van der Waals surface area contributed by atoms with Gasteiger partial charge in [0.1, 0.15) is 17.4 Å². The number of amides is 2. The molecule has 0 saturated carbocycles. The third kappa shape index (κ3) is 5.60. The van der Waals surface area contributed by atoms with E-state index in [1.807, 2.05) is 73.8 Å². The SMILES string of the molecule is CCCN1C(=O)C(C#N)=C(C)/C(=C\c2cn(-c3ccccc3)nc2-c2ccc(OCCC(C)C)cc2)C1=O. The molecular formula is C31H32N4O3. The summed E-state index contributed by atoms with van der Waals surface area (Å²) in [5.41, 5.74) is 3.79. The van der Waals surface area contributed by atoms with Crippen molar-refractivity contribution in [3.63, 3.8) is 0 Å². The first-order valence-corrected chi connectivity index (χ1v) is 12.9. The van der Waals surface area contributed by atoms with E-state index >= 15 is 0 Å². The Labute approximate surface area is 223 Å². The van der Waals surface area contributed by atoms with Crippen LogP contribution in [-0.2, 0) is 9.59 Å². The van der Waals surface area contributed by atoms with Gasteiger partial charge in [0.15, 0.2) is 0 Å². The summed E-state index contributed by atoms with van der Waals surface area (Å²) in [5.74, 6) is 0.408. The van der Waals surface area contributed by atoms with Crippen LogP contribution in [0.2, 0.25) is 0 Å². The van der Waals surface area contributed by atoms with Crippen LogP contribution >= 0.6 is 0 Å². The minimum Gasteiger partial charge on any atom is -0.494 e. The number of imide groups is 1. The number of benzene rings is 2. The molecule has 4 rings (SSSR count). The highest BCUT2D eigenvalue weighted by Gasteiger charge is 2.35. The molecule has 7 heteroatoms. The van der Waals surface area contributed by atoms with Crippen LogP contribution in [0.4, 0.5) is 0 Å². The van der Waals surface area contributed by atoms with E-state index in [4.69, 9.17) is 9.84 Å². The summed E-state index contributed by atoms with van der Waals surface area (Å²) >= 11 is 0. The minimum atomic E-state index is -0.540. The molecule has 1 aliphatic heterocycles. The topological polar surface area (TPSA) is 88.2 Å². The molecule has 0 saturated heterocycles. The van der Waals surface area contributed by atoms with E-state index < -0.39 is 11.8 Å². The van der Waals surface area contributed by atoms with E-state index in [-0.39, 0.29) is 12.1 Å². The summed E-state index contributed by atoms with van der Waals surface area (Å²) in [7, 11) is 0. The molecule has 2 aromatic carbocycles. The van der Waals surface area contributed by atoms with E-state index in [9.17, 15) is 14.9 Å². The normalized spacial score (nSPS) is 14.9. The molecule has 2 heterocycles. The van der Waals surface area contributed by atoms with Gasteiger partial charge in [-0.25, -0.2) is 4.68 Å². The monoisotopic (exact) mass is 508 g/mol. The number of rotatable bonds is 9. The predicted octanol–water partition coefficient (Wildman–Crippen LogP) is 5.97. The van der Waals surface area contributed by atoms with Crippen molar-refractivity contribution >= 4 is 17.9 Å². The molecule has 3 aromatic rings. The lowest BCUT2D eigenvalue weighted by Gasteiger charge is -2.27. The van der Waals surface area contributed by atoms with E-state index in [0.717, 1.165) is 28.3 Å². The quantitative estimate of drug-likeness (QED) is 0.263. The summed E-state index contributed by atoms with van der Waals surface area (Å²) in [5, 5.41) is 14.5. The molecule has 0 unspecified atom stereocenters. The highest BCUT2D eigenvalue weighted by Crippen LogP contribution is 2.32. The first-order chi connectivity index (χ1) is 18.3. The number of para-hydroxylation sites is 1. The van der Waals surface area contributed by atoms with Crippen LogP contribution in [0.25, 0.3) is 23.0 Å². The number of carbonyl (C=O) groups is 2. The number of nitrogens with zero attached hydrogens (tertiary/aromatic N) is 4. The average Bonchev–Trinajstić information content (AvgIpc) is 3.34. The maximum absolute atomic E-state index is 13.4. The van der Waals surface area contributed by atoms with Crippen LogP contribution in [0.1, 0.15) is 46.1 Å². The van der Waals surface area contributed by atoms with E-state index in [1.54, 1.807) is 17.7 Å². The fourth-order valence-corrected chi connectivity index (χ4v) is 4.26. The zero-order chi connectivity index (χ0) is 27.2. The highest BCUT2D eigenvalue weighted by molar-refractivity contribution is 6.19. The maximum Gasteiger partial charge on any atom is 0.271 e. The van der Waals surface area contributed by atoms with Gasteiger partial charge in [0, 0.05) is 29.4 Å². The maximum atomic E-state index is 13.4. The standard InChI is InChI=1S/C31H32N4O3/c1-5-16-34-30(36)27(22(4)28(19-32)31(34)37)18-24-20-35(25-9-7-6-8-10-25)33-29(24)23-11-13-26(14-12-23)38-17-15-21(2)3/h6-14,18,20-21H,5,15-17H2,1-4H3/b27-18+. The molecule has 2 amide bonds. The summed E-state index contributed by atoms with van der Waals surface area (Å²) in [6.45, 7) is 8.77. The Hall–Kier alpha value is -4.44. The summed E-state index contributed by atoms with van der Waals surface area (Å²) in [6.07, 6.45) is 5.17. The van der Waals surface area contributed by atoms with Crippen molar-refractivity contribution in [3.8, 4) is 28.8 Å². The molecular weight excluding hydrogens is 476 g/mol. The first-order valence-electron chi connectivity index (χ1n) is 12.9. The van der Waals surface area contributed by atoms with E-state index in [2.05, 4.69) is 13.8 Å². The van der Waals surface area contributed by atoms with Crippen molar-refractivity contribution in [2.24, 2.45) is 5.92 Å². The van der Waals surface area contributed by atoms with Crippen molar-refractivity contribution in [1.82, 2.24) is 14.7 Å². The molecule has 0 fully saturated rings. The molecule has 0 bridgehead atoms. The summed E-state index contributed by atoms with van der Waals surface area (Å²) < 4.78 is 7.64. The Balaban J connectivity index is 1.79. The van der Waals surface area contributed by atoms with Gasteiger partial charge in [-0.1, -0.05) is 39.0 Å². The second-order valence-electron chi connectivity index (χ2n) is 9.70. The number of ether oxygens (including phenoxy) is 1. The van der Waals surface area contributed by atoms with Gasteiger partial charge in [-0.3, -0.25) is 14.5 Å². The average molecular weight is 509 g/mol. The lowest BCUT2D eigenvalue weighted by molar-refractivity contribution is -0.140. The molecule has 38 heavy (non-hydrogen) atoms. The Kier molecular flexibility index (Phi) is 8.22. The molecule has 0 spiro atoms. The summed E-state index contributed by atoms with van der Waals surface area (Å²) in [4.78, 5) is 27.3. The number of hydrogen-bond acceptors (Lipinski definition) is 5. The number of aromatic nitrogens is 2. The second kappa shape index (κ2) is 11.7. The highest BCUT2D eigenvalue weighted by atomic mass is 16.5. The second-order valence-corrected chi connectivity index (χ2v) is 9.70. The first kappa shape index (κ1) is 26.6. The Bertz CT molecular complexity index is 1420. The van der Waals surface area contributed by atoms with E-state index in [0.29, 0.717) is 41.3 Å². The third-order valence-corrected chi connectivity index (χ3v) is 6.43. The van der Waals surface area contributed by atoms with Crippen molar-refractivity contribution < 1.29 is 14.3 Å². The number of hydrogen-bond donors (Lipinski definition) is 0. The van der Waals surface area contributed by atoms with Gasteiger partial charge in [-0.05, 0) is 73.7 Å². The van der Waals surface area contributed by atoms with Crippen LogP contribution in [0.3, 0.4) is 0 Å². The third-order valence-electron chi connectivity index (χ3n) is 6.43. The van der Waals surface area contributed by atoms with Gasteiger partial charge < -0.3 is 4.74 Å². The molecule has 0 atom stereocenters. The van der Waals surface area contributed by atoms with Gasteiger partial charge in [-0.15, -0.1) is 0 Å². The van der Waals surface area contributed by atoms with Gasteiger partial charge in [-0.2, -0.15) is 10.4 Å². The van der Waals surface area contributed by atoms with Gasteiger partial charge in [0.2, 0.25) is 0 Å². The van der Waals surface area contributed by atoms with Crippen molar-refractivity contribution in [2.75, 3.05) is 13.2 Å². The minimum absolute atomic E-state index is 0.01000. The fourth-order valence-electron chi connectivity index (χ4n) is 4.26. The molecule has 1 aliphatic rings. The van der Waals surface area contributed by atoms with Gasteiger partial charge in [0.05, 0.1) is 18.0 Å². The Morgan fingerprint density at radius 2 is 1.76 bits per heavy atom. The molecule has 0 N–H and O–H groups in total. The predicted molar refractivity (Wildman–Crippen MR) is 147 cm³/mol.